The first-order valence-corrected chi connectivity index (χ1v) is 9.56. The van der Waals surface area contributed by atoms with E-state index in [1.165, 1.54) is 7.11 Å². The van der Waals surface area contributed by atoms with Crippen molar-refractivity contribution < 1.29 is 24.6 Å². The molecule has 150 valence electrons. The molecule has 0 saturated carbocycles. The van der Waals surface area contributed by atoms with Gasteiger partial charge in [-0.3, -0.25) is 9.79 Å². The lowest BCUT2D eigenvalue weighted by Gasteiger charge is -2.33. The molecule has 0 bridgehead atoms. The number of rotatable bonds is 7. The van der Waals surface area contributed by atoms with E-state index in [2.05, 4.69) is 47.3 Å². The normalized spacial score (nSPS) is 25.4. The summed E-state index contributed by atoms with van der Waals surface area (Å²) in [5.41, 5.74) is 9.28. The number of oxime groups is 1. The standard InChI is InChI=1S/C15H21Br2N5O5/c1-26-11-8(16)4-15(12(24)10(11)17)5-9(22-27-15)13(25)21-6-7(23)2-3-20-14(18)19/h4,7,12,23-24H,2-3,5-6H2,1H3,(H,21,25)(H4,18,19,20)/t7?,12-,15+/m1/s1. The summed E-state index contributed by atoms with van der Waals surface area (Å²) < 4.78 is 6.15. The number of allylic oxidation sites excluding steroid dienone is 1. The van der Waals surface area contributed by atoms with Gasteiger partial charge in [-0.1, -0.05) is 5.16 Å². The molecule has 1 aliphatic carbocycles. The zero-order valence-corrected chi connectivity index (χ0v) is 17.7. The Bertz CT molecular complexity index is 719. The van der Waals surface area contributed by atoms with Crippen LogP contribution in [0.1, 0.15) is 12.8 Å². The summed E-state index contributed by atoms with van der Waals surface area (Å²) in [5.74, 6) is -0.128. The highest BCUT2D eigenvalue weighted by Crippen LogP contribution is 2.43. The maximum Gasteiger partial charge on any atom is 0.269 e. The first-order chi connectivity index (χ1) is 12.7. The number of nitrogens with two attached hydrogens (primary N) is 2. The van der Waals surface area contributed by atoms with E-state index in [0.717, 1.165) is 0 Å². The monoisotopic (exact) mass is 509 g/mol. The van der Waals surface area contributed by atoms with Crippen molar-refractivity contribution in [3.63, 3.8) is 0 Å². The van der Waals surface area contributed by atoms with Gasteiger partial charge >= 0.3 is 0 Å². The van der Waals surface area contributed by atoms with E-state index in [4.69, 9.17) is 21.0 Å². The number of carbonyl (C=O) groups excluding carboxylic acids is 1. The lowest BCUT2D eigenvalue weighted by Crippen LogP contribution is -2.45. The summed E-state index contributed by atoms with van der Waals surface area (Å²) in [6, 6.07) is 0. The van der Waals surface area contributed by atoms with Gasteiger partial charge in [0.15, 0.2) is 11.6 Å². The first-order valence-electron chi connectivity index (χ1n) is 7.97. The zero-order chi connectivity index (χ0) is 20.2. The number of aliphatic imine (C=N–C) groups is 1. The van der Waals surface area contributed by atoms with Gasteiger partial charge in [0.1, 0.15) is 17.6 Å². The van der Waals surface area contributed by atoms with E-state index in [1.54, 1.807) is 6.08 Å². The zero-order valence-electron chi connectivity index (χ0n) is 14.5. The number of amides is 1. The molecule has 7 N–H and O–H groups in total. The number of guanidine groups is 1. The molecule has 0 fully saturated rings. The number of hydrogen-bond donors (Lipinski definition) is 5. The van der Waals surface area contributed by atoms with Gasteiger partial charge in [-0.25, -0.2) is 0 Å². The third kappa shape index (κ3) is 5.00. The Morgan fingerprint density at radius 2 is 2.30 bits per heavy atom. The second-order valence-corrected chi connectivity index (χ2v) is 7.70. The third-order valence-electron chi connectivity index (χ3n) is 4.00. The minimum Gasteiger partial charge on any atom is -0.495 e. The topological polar surface area (TPSA) is 165 Å². The Hall–Kier alpha value is -1.63. The molecule has 0 radical (unpaired) electrons. The molecule has 3 atom stereocenters. The van der Waals surface area contributed by atoms with Crippen LogP contribution in [0.4, 0.5) is 0 Å². The minimum absolute atomic E-state index is 0.00432. The average molecular weight is 511 g/mol. The van der Waals surface area contributed by atoms with Crippen molar-refractivity contribution in [2.75, 3.05) is 20.2 Å². The van der Waals surface area contributed by atoms with Crippen molar-refractivity contribution in [2.45, 2.75) is 30.7 Å². The second kappa shape index (κ2) is 9.04. The molecule has 1 heterocycles. The molecule has 0 aromatic rings. The lowest BCUT2D eigenvalue weighted by molar-refractivity contribution is -0.115. The van der Waals surface area contributed by atoms with Gasteiger partial charge in [0, 0.05) is 19.5 Å². The van der Waals surface area contributed by atoms with Crippen molar-refractivity contribution in [3.8, 4) is 0 Å². The van der Waals surface area contributed by atoms with Gasteiger partial charge in [0.05, 0.1) is 22.2 Å². The molecule has 12 heteroatoms. The number of aliphatic hydroxyl groups is 2. The Labute approximate surface area is 172 Å². The Balaban J connectivity index is 1.93. The number of halogens is 2. The molecule has 1 unspecified atom stereocenters. The van der Waals surface area contributed by atoms with E-state index in [0.29, 0.717) is 14.7 Å². The maximum absolute atomic E-state index is 12.3. The summed E-state index contributed by atoms with van der Waals surface area (Å²) in [4.78, 5) is 21.4. The molecular formula is C15H21Br2N5O5. The largest absolute Gasteiger partial charge is 0.495 e. The fourth-order valence-corrected chi connectivity index (χ4v) is 4.37. The van der Waals surface area contributed by atoms with Gasteiger partial charge < -0.3 is 36.6 Å². The maximum atomic E-state index is 12.3. The van der Waals surface area contributed by atoms with E-state index in [9.17, 15) is 15.0 Å². The molecule has 10 nitrogen and oxygen atoms in total. The highest BCUT2D eigenvalue weighted by molar-refractivity contribution is 9.12. The average Bonchev–Trinajstić information content (AvgIpc) is 3.03. The summed E-state index contributed by atoms with van der Waals surface area (Å²) in [6.45, 7) is 0.254. The Morgan fingerprint density at radius 1 is 1.59 bits per heavy atom. The quantitative estimate of drug-likeness (QED) is 0.228. The van der Waals surface area contributed by atoms with Gasteiger partial charge in [-0.15, -0.1) is 0 Å². The predicted molar refractivity (Wildman–Crippen MR) is 106 cm³/mol. The fourth-order valence-electron chi connectivity index (χ4n) is 2.58. The molecule has 2 aliphatic rings. The Morgan fingerprint density at radius 3 is 2.93 bits per heavy atom. The number of nitrogens with one attached hydrogen (secondary N) is 1. The predicted octanol–water partition coefficient (Wildman–Crippen LogP) is -0.452. The number of hydrogen-bond acceptors (Lipinski definition) is 7. The lowest BCUT2D eigenvalue weighted by atomic mass is 9.87. The molecule has 1 aliphatic heterocycles. The second-order valence-electron chi connectivity index (χ2n) is 6.00. The SMILES string of the molecule is COC1=C(Br)[C@@H](O)[C@]2(C=C1Br)CC(C(=O)NCC(O)CCN=C(N)N)=NO2. The molecule has 0 aromatic heterocycles. The number of methoxy groups -OCH3 is 1. The first kappa shape index (κ1) is 21.7. The summed E-state index contributed by atoms with van der Waals surface area (Å²) in [7, 11) is 1.47. The van der Waals surface area contributed by atoms with Crippen LogP contribution in [0.5, 0.6) is 0 Å². The van der Waals surface area contributed by atoms with Crippen molar-refractivity contribution in [2.24, 2.45) is 21.6 Å². The number of ether oxygens (including phenoxy) is 1. The molecule has 27 heavy (non-hydrogen) atoms. The fraction of sp³-hybridized carbons (Fsp3) is 0.533. The highest BCUT2D eigenvalue weighted by Gasteiger charge is 2.50. The number of carbonyl (C=O) groups is 1. The van der Waals surface area contributed by atoms with E-state index < -0.39 is 23.7 Å². The summed E-state index contributed by atoms with van der Waals surface area (Å²) >= 11 is 6.64. The molecule has 0 saturated heterocycles. The molecule has 1 amide bonds. The van der Waals surface area contributed by atoms with Crippen LogP contribution in [0.3, 0.4) is 0 Å². The highest BCUT2D eigenvalue weighted by atomic mass is 79.9. The van der Waals surface area contributed by atoms with Gasteiger partial charge in [-0.2, -0.15) is 0 Å². The third-order valence-corrected chi connectivity index (χ3v) is 5.38. The number of aliphatic hydroxyl groups excluding tert-OH is 2. The molecule has 1 spiro atoms. The van der Waals surface area contributed by atoms with Crippen LogP contribution in [-0.4, -0.2) is 65.8 Å². The summed E-state index contributed by atoms with van der Waals surface area (Å²) in [6.07, 6.45) is 0.0230. The van der Waals surface area contributed by atoms with Crippen LogP contribution < -0.4 is 16.8 Å². The van der Waals surface area contributed by atoms with Crippen LogP contribution in [0.2, 0.25) is 0 Å². The van der Waals surface area contributed by atoms with E-state index >= 15 is 0 Å². The van der Waals surface area contributed by atoms with Crippen LogP contribution in [0.25, 0.3) is 0 Å². The molecule has 2 rings (SSSR count). The van der Waals surface area contributed by atoms with Gasteiger partial charge in [0.25, 0.3) is 5.91 Å². The number of nitrogens with zero attached hydrogens (tertiary/aromatic N) is 2. The van der Waals surface area contributed by atoms with Crippen molar-refractivity contribution in [3.05, 3.63) is 20.8 Å². The van der Waals surface area contributed by atoms with Crippen LogP contribution in [0.15, 0.2) is 30.9 Å². The Kier molecular flexibility index (Phi) is 7.25. The smallest absolute Gasteiger partial charge is 0.269 e. The minimum atomic E-state index is -1.22. The van der Waals surface area contributed by atoms with Gasteiger partial charge in [0.2, 0.25) is 0 Å². The van der Waals surface area contributed by atoms with Crippen LogP contribution in [0, 0.1) is 0 Å². The molecular weight excluding hydrogens is 490 g/mol. The molecule has 0 aromatic carbocycles. The van der Waals surface area contributed by atoms with Crippen LogP contribution >= 0.6 is 31.9 Å². The summed E-state index contributed by atoms with van der Waals surface area (Å²) in [5, 5.41) is 26.8. The van der Waals surface area contributed by atoms with E-state index in [-0.39, 0.29) is 37.6 Å². The van der Waals surface area contributed by atoms with Crippen molar-refractivity contribution in [1.82, 2.24) is 5.32 Å². The van der Waals surface area contributed by atoms with Crippen LogP contribution in [-0.2, 0) is 14.4 Å². The van der Waals surface area contributed by atoms with E-state index in [1.807, 2.05) is 0 Å². The van der Waals surface area contributed by atoms with Gasteiger partial charge in [-0.05, 0) is 44.4 Å². The van der Waals surface area contributed by atoms with Crippen molar-refractivity contribution >= 4 is 49.4 Å². The van der Waals surface area contributed by atoms with Crippen molar-refractivity contribution in [1.29, 1.82) is 0 Å².